The van der Waals surface area contributed by atoms with Crippen molar-refractivity contribution in [2.24, 2.45) is 5.92 Å². The second kappa shape index (κ2) is 32.7. The summed E-state index contributed by atoms with van der Waals surface area (Å²) in [4.78, 5) is 133. The standard InChI is InChI=1S/C76H76Cl2N8O24/c1-31(2)9-7-5-4-6-8-10-53(92)81-62-64(94)65(95)67(75(104)105)110-76(62)109-66-51-25-36-26-52(66)108-49-20-15-35(23-43(49)77)63(93)61-73(101)85-60(74(102)103)41-27-37(87)28-47(90)54(41)40-22-33(13-18-45(40)88)57(70(98)86-61)82-71(99)58(36)83-72(100)59-42-29-39(30-48(91)55(42)78)107-50-24-34(14-19-46(50)89)56(79-3)69(97)80-44(68(96)84-59)21-32-11-16-38(106-51)17-12-32/h11-20,22-31,44,56-65,67,76,79,87-91,93-95H,4-10,21H2,1-3H3,(H,80,97)(H,81,92)(H,82,99)(H,83,100)(H,84,96)(H,85,101)(H,86,98)(H,102,103)(H,104,105)/t44-,56-,57-,58-,59+,60-,61+,62-,63-,64-,65+,67+,76-/m1/s1. The van der Waals surface area contributed by atoms with Crippen LogP contribution in [0.15, 0.2) is 115 Å². The number of halogens is 2. The first-order valence-electron chi connectivity index (χ1n) is 34.9. The summed E-state index contributed by atoms with van der Waals surface area (Å²) < 4.78 is 32.1. The average Bonchev–Trinajstić information content (AvgIpc) is 0.772. The molecule has 13 atom stereocenters. The lowest BCUT2D eigenvalue weighted by Gasteiger charge is -2.41. The third kappa shape index (κ3) is 16.7. The Labute approximate surface area is 635 Å². The molecule has 7 aliphatic heterocycles. The van der Waals surface area contributed by atoms with Crippen molar-refractivity contribution in [2.45, 2.75) is 144 Å². The number of phenols is 5. The zero-order valence-electron chi connectivity index (χ0n) is 58.7. The molecule has 1 fully saturated rings. The Balaban J connectivity index is 1.10. The maximum absolute atomic E-state index is 16.4. The molecule has 0 saturated carbocycles. The number of hydrogen-bond acceptors (Lipinski definition) is 23. The van der Waals surface area contributed by atoms with E-state index in [2.05, 4.69) is 56.4 Å². The van der Waals surface area contributed by atoms with Gasteiger partial charge in [0.05, 0.1) is 10.0 Å². The van der Waals surface area contributed by atoms with Crippen LogP contribution >= 0.6 is 23.2 Å². The van der Waals surface area contributed by atoms with E-state index >= 15 is 19.2 Å². The Bertz CT molecular complexity index is 4820. The van der Waals surface area contributed by atoms with Crippen molar-refractivity contribution in [3.8, 4) is 80.1 Å². The van der Waals surface area contributed by atoms with Gasteiger partial charge in [0.15, 0.2) is 35.1 Å². The van der Waals surface area contributed by atoms with Gasteiger partial charge >= 0.3 is 11.9 Å². The zero-order chi connectivity index (χ0) is 78.8. The summed E-state index contributed by atoms with van der Waals surface area (Å²) >= 11 is 14.1. The largest absolute Gasteiger partial charge is 0.508 e. The molecule has 14 rings (SSSR count). The van der Waals surface area contributed by atoms with E-state index in [9.17, 15) is 75.0 Å². The monoisotopic (exact) mass is 1550 g/mol. The molecule has 7 aromatic carbocycles. The van der Waals surface area contributed by atoms with Crippen molar-refractivity contribution < 1.29 is 118 Å². The summed E-state index contributed by atoms with van der Waals surface area (Å²) in [7, 11) is 1.43. The van der Waals surface area contributed by atoms with Crippen molar-refractivity contribution in [3.63, 3.8) is 0 Å². The van der Waals surface area contributed by atoms with Gasteiger partial charge < -0.3 is 117 Å². The smallest absolute Gasteiger partial charge is 0.335 e. The van der Waals surface area contributed by atoms with E-state index in [-0.39, 0.29) is 46.8 Å². The van der Waals surface area contributed by atoms with E-state index in [4.69, 9.17) is 46.9 Å². The number of aliphatic carboxylic acids is 2. The van der Waals surface area contributed by atoms with E-state index in [1.165, 1.54) is 49.5 Å². The number of nitrogens with one attached hydrogen (secondary N) is 8. The topological polar surface area (TPSA) is 498 Å². The molecule has 110 heavy (non-hydrogen) atoms. The van der Waals surface area contributed by atoms with E-state index < -0.39 is 222 Å². The Morgan fingerprint density at radius 3 is 1.89 bits per heavy atom. The number of benzene rings is 7. The van der Waals surface area contributed by atoms with Crippen LogP contribution in [0.1, 0.15) is 134 Å². The third-order valence-electron chi connectivity index (χ3n) is 19.3. The molecule has 0 aromatic heterocycles. The van der Waals surface area contributed by atoms with Crippen LogP contribution in [0.3, 0.4) is 0 Å². The first-order chi connectivity index (χ1) is 52.4. The number of rotatable bonds is 14. The summed E-state index contributed by atoms with van der Waals surface area (Å²) in [5.74, 6) is -18.1. The predicted molar refractivity (Wildman–Crippen MR) is 386 cm³/mol. The maximum Gasteiger partial charge on any atom is 0.335 e. The minimum atomic E-state index is -2.38. The van der Waals surface area contributed by atoms with Gasteiger partial charge in [-0.2, -0.15) is 0 Å². The van der Waals surface area contributed by atoms with Crippen LogP contribution in [0.4, 0.5) is 0 Å². The number of aromatic hydroxyl groups is 5. The van der Waals surface area contributed by atoms with Crippen LogP contribution in [-0.4, -0.2) is 154 Å². The number of carboxylic acid groups (broad SMARTS) is 2. The van der Waals surface area contributed by atoms with Gasteiger partial charge in [-0.25, -0.2) is 9.59 Å². The Kier molecular flexibility index (Phi) is 23.1. The number of hydrogen-bond donors (Lipinski definition) is 18. The number of likely N-dealkylation sites (N-methyl/N-ethyl adjacent to an activating group) is 1. The Hall–Kier alpha value is -11.7. The second-order valence-electron chi connectivity index (χ2n) is 27.4. The lowest BCUT2D eigenvalue weighted by atomic mass is 9.89. The second-order valence-corrected chi connectivity index (χ2v) is 28.2. The predicted octanol–water partition coefficient (Wildman–Crippen LogP) is 6.32. The lowest BCUT2D eigenvalue weighted by molar-refractivity contribution is -0.241. The van der Waals surface area contributed by atoms with E-state index in [1.807, 2.05) is 0 Å². The first-order valence-corrected chi connectivity index (χ1v) is 35.6. The zero-order valence-corrected chi connectivity index (χ0v) is 60.2. The number of amides is 7. The number of carbonyl (C=O) groups excluding carboxylic acids is 7. The van der Waals surface area contributed by atoms with Gasteiger partial charge in [0.1, 0.15) is 101 Å². The normalized spacial score (nSPS) is 23.9. The highest BCUT2D eigenvalue weighted by atomic mass is 35.5. The van der Waals surface area contributed by atoms with Gasteiger partial charge in [-0.15, -0.1) is 0 Å². The van der Waals surface area contributed by atoms with Crippen molar-refractivity contribution in [3.05, 3.63) is 164 Å². The van der Waals surface area contributed by atoms with Crippen molar-refractivity contribution in [1.29, 1.82) is 0 Å². The summed E-state index contributed by atoms with van der Waals surface area (Å²) in [6.45, 7) is 4.22. The van der Waals surface area contributed by atoms with Gasteiger partial charge in [-0.05, 0) is 120 Å². The molecule has 34 heteroatoms. The molecule has 0 aliphatic carbocycles. The van der Waals surface area contributed by atoms with Crippen LogP contribution in [0.5, 0.6) is 69.0 Å². The third-order valence-corrected chi connectivity index (χ3v) is 20.0. The number of fused-ring (bicyclic) bond motifs is 14. The molecule has 17 bridgehead atoms. The van der Waals surface area contributed by atoms with Crippen molar-refractivity contribution >= 4 is 76.5 Å². The minimum absolute atomic E-state index is 0.117. The Morgan fingerprint density at radius 2 is 1.19 bits per heavy atom. The fraction of sp³-hybridized carbons (Fsp3) is 0.329. The maximum atomic E-state index is 16.4. The van der Waals surface area contributed by atoms with Crippen LogP contribution in [0.2, 0.25) is 10.0 Å². The molecule has 0 radical (unpaired) electrons. The fourth-order valence-corrected chi connectivity index (χ4v) is 14.1. The molecule has 7 aromatic rings. The van der Waals surface area contributed by atoms with Crippen molar-refractivity contribution in [2.75, 3.05) is 7.05 Å². The molecular formula is C76H76Cl2N8O24. The van der Waals surface area contributed by atoms with Crippen LogP contribution < -0.4 is 61.5 Å². The minimum Gasteiger partial charge on any atom is -0.508 e. The van der Waals surface area contributed by atoms with Crippen LogP contribution in [-0.2, 0) is 54.3 Å². The van der Waals surface area contributed by atoms with E-state index in [0.29, 0.717) is 24.3 Å². The van der Waals surface area contributed by atoms with E-state index in [0.717, 1.165) is 98.5 Å². The number of ether oxygens (including phenoxy) is 5. The molecule has 0 unspecified atom stereocenters. The van der Waals surface area contributed by atoms with E-state index in [1.54, 1.807) is 0 Å². The highest BCUT2D eigenvalue weighted by molar-refractivity contribution is 6.33. The summed E-state index contributed by atoms with van der Waals surface area (Å²) in [5, 5.41) is 134. The summed E-state index contributed by atoms with van der Waals surface area (Å²) in [6, 6.07) is 5.61. The molecule has 7 heterocycles. The molecular weight excluding hydrogens is 1480 g/mol. The van der Waals surface area contributed by atoms with Gasteiger partial charge in [0.25, 0.3) is 0 Å². The van der Waals surface area contributed by atoms with Gasteiger partial charge in [0.2, 0.25) is 53.4 Å². The molecule has 7 amide bonds. The molecule has 18 N–H and O–H groups in total. The lowest BCUT2D eigenvalue weighted by Crippen LogP contribution is -2.66. The van der Waals surface area contributed by atoms with Gasteiger partial charge in [0, 0.05) is 47.2 Å². The summed E-state index contributed by atoms with van der Waals surface area (Å²) in [5.41, 5.74) is -2.67. The quantitative estimate of drug-likeness (QED) is 0.0529. The number of aliphatic hydroxyl groups is 3. The van der Waals surface area contributed by atoms with Gasteiger partial charge in [-0.3, -0.25) is 33.6 Å². The number of carboxylic acids is 2. The SMILES string of the molecule is CN[C@H]1C(=O)N[C@@H]2Cc3ccc(cc3)Oc3cc4cc(c3O[C@@H]3O[C@H](C(=O)O)[C@@H](O)[C@H](O)[C@H]3NC(=O)CCCCCCCC(C)C)Oc3ccc(cc3Cl)[C@@H](O)[C@@H]3NC(=O)[C@H](NC(=O)[C@@H]4NC(=O)[C@@H](NC2=O)c2cc(cc(O)c2Cl)Oc2cc1ccc2O)c1ccc(O)c(c1)-c1c(O)cc(O)cc1[C@H](C(=O)O)NC3=O. The highest BCUT2D eigenvalue weighted by Gasteiger charge is 2.51. The summed E-state index contributed by atoms with van der Waals surface area (Å²) in [6.07, 6.45) is -6.95. The molecule has 32 nitrogen and oxygen atoms in total. The number of unbranched alkanes of at least 4 members (excludes halogenated alkanes) is 4. The number of aliphatic hydroxyl groups excluding tert-OH is 3. The van der Waals surface area contributed by atoms with Crippen LogP contribution in [0.25, 0.3) is 11.1 Å². The van der Waals surface area contributed by atoms with Gasteiger partial charge in [-0.1, -0.05) is 99.5 Å². The molecule has 0 spiro atoms. The fourth-order valence-electron chi connectivity index (χ4n) is 13.6. The Morgan fingerprint density at radius 1 is 0.555 bits per heavy atom. The average molecular weight is 1560 g/mol. The number of phenolic OH excluding ortho intramolecular Hbond substituents is 5. The number of carbonyl (C=O) groups is 9. The van der Waals surface area contributed by atoms with Crippen LogP contribution in [0, 0.1) is 5.92 Å². The first kappa shape index (κ1) is 77.9. The highest BCUT2D eigenvalue weighted by Crippen LogP contribution is 2.50. The van der Waals surface area contributed by atoms with Crippen molar-refractivity contribution in [1.82, 2.24) is 42.5 Å². The molecule has 578 valence electrons. The molecule has 1 saturated heterocycles. The molecule has 7 aliphatic rings.